The Balaban J connectivity index is 1.77. The van der Waals surface area contributed by atoms with Crippen LogP contribution in [-0.2, 0) is 0 Å². The van der Waals surface area contributed by atoms with Crippen molar-refractivity contribution >= 4 is 23.2 Å². The van der Waals surface area contributed by atoms with Crippen LogP contribution in [0.4, 0.5) is 0 Å². The monoisotopic (exact) mass is 219 g/mol. The first kappa shape index (κ1) is 9.82. The average Bonchev–Trinajstić information content (AvgIpc) is 2.74. The molecule has 74 valence electrons. The number of nitrogens with one attached hydrogen (secondary N) is 1. The van der Waals surface area contributed by atoms with E-state index >= 15 is 0 Å². The predicted octanol–water partition coefficient (Wildman–Crippen LogP) is 3.08. The molecule has 2 aliphatic carbocycles. The summed E-state index contributed by atoms with van der Waals surface area (Å²) < 4.78 is 0. The molecule has 3 atom stereocenters. The van der Waals surface area contributed by atoms with E-state index in [0.29, 0.717) is 11.1 Å². The van der Waals surface area contributed by atoms with Crippen molar-refractivity contribution in [2.24, 2.45) is 11.8 Å². The molecule has 0 aromatic rings. The van der Waals surface area contributed by atoms with Crippen LogP contribution in [0.3, 0.4) is 0 Å². The third kappa shape index (κ3) is 2.20. The molecule has 0 spiro atoms. The Morgan fingerprint density at radius 1 is 1.38 bits per heavy atom. The molecular weight excluding hydrogens is 205 g/mol. The molecule has 2 saturated carbocycles. The highest BCUT2D eigenvalue weighted by atomic mass is 35.5. The Hall–Kier alpha value is 0.280. The van der Waals surface area contributed by atoms with Crippen LogP contribution in [0.5, 0.6) is 0 Å². The fraction of sp³-hybridized carbons (Fsp3) is 0.800. The highest BCUT2D eigenvalue weighted by Gasteiger charge is 2.38. The van der Waals surface area contributed by atoms with Gasteiger partial charge in [-0.1, -0.05) is 29.6 Å². The van der Waals surface area contributed by atoms with Gasteiger partial charge in [0.15, 0.2) is 0 Å². The molecule has 2 rings (SSSR count). The SMILES string of the molecule is Cl/C=C(/Cl)CNC1CC2CCC1C2. The van der Waals surface area contributed by atoms with Gasteiger partial charge in [-0.05, 0) is 31.1 Å². The minimum absolute atomic E-state index is 0.698. The molecule has 0 heterocycles. The zero-order valence-corrected chi connectivity index (χ0v) is 9.11. The zero-order chi connectivity index (χ0) is 9.26. The maximum Gasteiger partial charge on any atom is 0.0432 e. The van der Waals surface area contributed by atoms with Gasteiger partial charge < -0.3 is 5.32 Å². The molecule has 13 heavy (non-hydrogen) atoms. The van der Waals surface area contributed by atoms with Crippen molar-refractivity contribution in [3.8, 4) is 0 Å². The second kappa shape index (κ2) is 4.20. The van der Waals surface area contributed by atoms with Crippen molar-refractivity contribution in [2.45, 2.75) is 31.7 Å². The Bertz CT molecular complexity index is 215. The first-order chi connectivity index (χ1) is 6.29. The predicted molar refractivity (Wildman–Crippen MR) is 57.0 cm³/mol. The smallest absolute Gasteiger partial charge is 0.0432 e. The molecule has 0 aromatic carbocycles. The topological polar surface area (TPSA) is 12.0 Å². The van der Waals surface area contributed by atoms with E-state index < -0.39 is 0 Å². The van der Waals surface area contributed by atoms with E-state index in [1.165, 1.54) is 31.2 Å². The van der Waals surface area contributed by atoms with E-state index in [1.54, 1.807) is 0 Å². The van der Waals surface area contributed by atoms with E-state index in [0.717, 1.165) is 18.4 Å². The van der Waals surface area contributed by atoms with Gasteiger partial charge in [0.25, 0.3) is 0 Å². The summed E-state index contributed by atoms with van der Waals surface area (Å²) in [5.74, 6) is 1.89. The molecule has 0 amide bonds. The summed E-state index contributed by atoms with van der Waals surface area (Å²) in [6.45, 7) is 0.735. The lowest BCUT2D eigenvalue weighted by Gasteiger charge is -2.22. The van der Waals surface area contributed by atoms with Crippen molar-refractivity contribution < 1.29 is 0 Å². The lowest BCUT2D eigenvalue weighted by Crippen LogP contribution is -2.34. The van der Waals surface area contributed by atoms with Crippen molar-refractivity contribution in [2.75, 3.05) is 6.54 Å². The fourth-order valence-electron chi connectivity index (χ4n) is 2.76. The van der Waals surface area contributed by atoms with Crippen LogP contribution in [0.2, 0.25) is 0 Å². The van der Waals surface area contributed by atoms with Crippen LogP contribution >= 0.6 is 23.2 Å². The van der Waals surface area contributed by atoms with E-state index in [-0.39, 0.29) is 0 Å². The minimum atomic E-state index is 0.698. The Kier molecular flexibility index (Phi) is 3.18. The van der Waals surface area contributed by atoms with Gasteiger partial charge in [-0.25, -0.2) is 0 Å². The van der Waals surface area contributed by atoms with E-state index in [9.17, 15) is 0 Å². The van der Waals surface area contributed by atoms with Crippen LogP contribution in [-0.4, -0.2) is 12.6 Å². The summed E-state index contributed by atoms with van der Waals surface area (Å²) in [4.78, 5) is 0. The molecule has 2 bridgehead atoms. The molecule has 0 radical (unpaired) electrons. The van der Waals surface area contributed by atoms with Crippen LogP contribution in [0.1, 0.15) is 25.7 Å². The highest BCUT2D eigenvalue weighted by molar-refractivity contribution is 6.36. The van der Waals surface area contributed by atoms with E-state index in [4.69, 9.17) is 23.2 Å². The standard InChI is InChI=1S/C10H15Cl2N/c11-5-9(12)6-13-10-4-7-1-2-8(10)3-7/h5,7-8,10,13H,1-4,6H2/b9-5+. The Morgan fingerprint density at radius 2 is 2.23 bits per heavy atom. The number of fused-ring (bicyclic) bond motifs is 2. The second-order valence-electron chi connectivity index (χ2n) is 4.22. The highest BCUT2D eigenvalue weighted by Crippen LogP contribution is 2.44. The Morgan fingerprint density at radius 3 is 2.77 bits per heavy atom. The van der Waals surface area contributed by atoms with Gasteiger partial charge in [0.05, 0.1) is 0 Å². The fourth-order valence-corrected chi connectivity index (χ4v) is 2.92. The summed E-state index contributed by atoms with van der Waals surface area (Å²) in [6, 6.07) is 0.698. The maximum atomic E-state index is 5.81. The van der Waals surface area contributed by atoms with Gasteiger partial charge in [0, 0.05) is 23.2 Å². The molecule has 0 saturated heterocycles. The van der Waals surface area contributed by atoms with Crippen molar-refractivity contribution in [1.29, 1.82) is 0 Å². The largest absolute Gasteiger partial charge is 0.309 e. The van der Waals surface area contributed by atoms with Gasteiger partial charge in [0.1, 0.15) is 0 Å². The zero-order valence-electron chi connectivity index (χ0n) is 7.60. The molecule has 2 aliphatic rings. The maximum absolute atomic E-state index is 5.81. The molecular formula is C10H15Cl2N. The van der Waals surface area contributed by atoms with Gasteiger partial charge in [-0.15, -0.1) is 0 Å². The quantitative estimate of drug-likeness (QED) is 0.770. The van der Waals surface area contributed by atoms with Gasteiger partial charge in [-0.3, -0.25) is 0 Å². The molecule has 0 aromatic heterocycles. The Labute approximate surface area is 89.5 Å². The molecule has 3 heteroatoms. The number of hydrogen-bond donors (Lipinski definition) is 1. The summed E-state index contributed by atoms with van der Waals surface area (Å²) in [7, 11) is 0. The van der Waals surface area contributed by atoms with Gasteiger partial charge >= 0.3 is 0 Å². The van der Waals surface area contributed by atoms with Crippen LogP contribution in [0.15, 0.2) is 10.6 Å². The first-order valence-corrected chi connectivity index (χ1v) is 5.79. The third-order valence-corrected chi connectivity index (χ3v) is 4.01. The van der Waals surface area contributed by atoms with Crippen molar-refractivity contribution in [3.05, 3.63) is 10.6 Å². The van der Waals surface area contributed by atoms with Gasteiger partial charge in [0.2, 0.25) is 0 Å². The van der Waals surface area contributed by atoms with Crippen LogP contribution in [0, 0.1) is 11.8 Å². The number of rotatable bonds is 3. The normalized spacial score (nSPS) is 38.6. The van der Waals surface area contributed by atoms with E-state index in [2.05, 4.69) is 5.32 Å². The summed E-state index contributed by atoms with van der Waals surface area (Å²) in [5, 5.41) is 4.19. The molecule has 1 N–H and O–H groups in total. The first-order valence-electron chi connectivity index (χ1n) is 4.97. The second-order valence-corrected chi connectivity index (χ2v) is 4.92. The number of halogens is 2. The molecule has 0 aliphatic heterocycles. The van der Waals surface area contributed by atoms with Crippen molar-refractivity contribution in [1.82, 2.24) is 5.32 Å². The van der Waals surface area contributed by atoms with Gasteiger partial charge in [-0.2, -0.15) is 0 Å². The van der Waals surface area contributed by atoms with E-state index in [1.807, 2.05) is 0 Å². The van der Waals surface area contributed by atoms with Crippen LogP contribution in [0.25, 0.3) is 0 Å². The summed E-state index contributed by atoms with van der Waals surface area (Å²) in [6.07, 6.45) is 5.63. The molecule has 1 nitrogen and oxygen atoms in total. The molecule has 3 unspecified atom stereocenters. The minimum Gasteiger partial charge on any atom is -0.309 e. The summed E-state index contributed by atoms with van der Waals surface area (Å²) >= 11 is 11.3. The third-order valence-electron chi connectivity index (χ3n) is 3.39. The summed E-state index contributed by atoms with van der Waals surface area (Å²) in [5.41, 5.74) is 1.45. The lowest BCUT2D eigenvalue weighted by molar-refractivity contribution is 0.362. The average molecular weight is 220 g/mol. The molecule has 2 fully saturated rings. The van der Waals surface area contributed by atoms with Crippen LogP contribution < -0.4 is 5.32 Å². The lowest BCUT2D eigenvalue weighted by atomic mass is 9.95. The van der Waals surface area contributed by atoms with Crippen molar-refractivity contribution in [3.63, 3.8) is 0 Å². The number of hydrogen-bond acceptors (Lipinski definition) is 1.